The normalized spacial score (nSPS) is 18.7. The van der Waals surface area contributed by atoms with Gasteiger partial charge in [0.05, 0.1) is 6.04 Å². The minimum absolute atomic E-state index is 0.166. The molecule has 1 atom stereocenters. The predicted molar refractivity (Wildman–Crippen MR) is 93.2 cm³/mol. The number of likely N-dealkylation sites (N-methyl/N-ethyl adjacent to an activating group) is 1. The van der Waals surface area contributed by atoms with Crippen molar-refractivity contribution in [2.24, 2.45) is 0 Å². The largest absolute Gasteiger partial charge is 0.444 e. The summed E-state index contributed by atoms with van der Waals surface area (Å²) >= 11 is 0. The third kappa shape index (κ3) is 3.63. The quantitative estimate of drug-likeness (QED) is 0.840. The maximum absolute atomic E-state index is 12.3. The molecule has 6 heteroatoms. The van der Waals surface area contributed by atoms with E-state index in [0.29, 0.717) is 12.6 Å². The summed E-state index contributed by atoms with van der Waals surface area (Å²) < 4.78 is 11.3. The van der Waals surface area contributed by atoms with Crippen LogP contribution in [0.3, 0.4) is 0 Å². The van der Waals surface area contributed by atoms with Crippen LogP contribution in [-0.4, -0.2) is 47.8 Å². The number of ether oxygens (including phenoxy) is 1. The summed E-state index contributed by atoms with van der Waals surface area (Å²) in [5.41, 5.74) is 1.15. The SMILES string of the molecule is CN(c1nc2ccccc2o1)[C@H]1CCCN(C(=O)OC(C)(C)C)C1. The number of carbonyl (C=O) groups excluding carboxylic acids is 1. The smallest absolute Gasteiger partial charge is 0.410 e. The Hall–Kier alpha value is -2.24. The molecule has 0 radical (unpaired) electrons. The third-order valence-electron chi connectivity index (χ3n) is 4.18. The van der Waals surface area contributed by atoms with E-state index >= 15 is 0 Å². The molecule has 24 heavy (non-hydrogen) atoms. The van der Waals surface area contributed by atoms with E-state index in [2.05, 4.69) is 4.98 Å². The van der Waals surface area contributed by atoms with E-state index < -0.39 is 5.60 Å². The van der Waals surface area contributed by atoms with Gasteiger partial charge in [0.15, 0.2) is 5.58 Å². The Balaban J connectivity index is 1.70. The van der Waals surface area contributed by atoms with Crippen molar-refractivity contribution in [1.29, 1.82) is 0 Å². The van der Waals surface area contributed by atoms with Gasteiger partial charge in [0.2, 0.25) is 0 Å². The second-order valence-electron chi connectivity index (χ2n) is 7.30. The molecule has 0 N–H and O–H groups in total. The molecule has 0 spiro atoms. The van der Waals surface area contributed by atoms with Crippen molar-refractivity contribution in [3.63, 3.8) is 0 Å². The number of para-hydroxylation sites is 2. The Morgan fingerprint density at radius 3 is 2.83 bits per heavy atom. The van der Waals surface area contributed by atoms with Crippen molar-refractivity contribution >= 4 is 23.2 Å². The first-order chi connectivity index (χ1) is 11.3. The van der Waals surface area contributed by atoms with Crippen molar-refractivity contribution in [1.82, 2.24) is 9.88 Å². The third-order valence-corrected chi connectivity index (χ3v) is 4.18. The molecule has 0 bridgehead atoms. The Labute approximate surface area is 142 Å². The van der Waals surface area contributed by atoms with E-state index in [-0.39, 0.29) is 12.1 Å². The van der Waals surface area contributed by atoms with Crippen molar-refractivity contribution in [3.8, 4) is 0 Å². The van der Waals surface area contributed by atoms with Crippen LogP contribution >= 0.6 is 0 Å². The molecule has 130 valence electrons. The highest BCUT2D eigenvalue weighted by Crippen LogP contribution is 2.25. The van der Waals surface area contributed by atoms with Gasteiger partial charge in [-0.3, -0.25) is 0 Å². The van der Waals surface area contributed by atoms with Gasteiger partial charge >= 0.3 is 6.09 Å². The fraction of sp³-hybridized carbons (Fsp3) is 0.556. The van der Waals surface area contributed by atoms with Gasteiger partial charge in [-0.1, -0.05) is 12.1 Å². The standard InChI is InChI=1S/C18H25N3O3/c1-18(2,3)24-17(22)21-11-7-8-13(12-21)20(4)16-19-14-9-5-6-10-15(14)23-16/h5-6,9-10,13H,7-8,11-12H2,1-4H3/t13-/m0/s1. The van der Waals surface area contributed by atoms with Gasteiger partial charge in [-0.2, -0.15) is 4.98 Å². The maximum atomic E-state index is 12.3. The van der Waals surface area contributed by atoms with E-state index in [4.69, 9.17) is 9.15 Å². The number of aromatic nitrogens is 1. The zero-order valence-corrected chi connectivity index (χ0v) is 14.8. The van der Waals surface area contributed by atoms with Crippen molar-refractivity contribution in [2.45, 2.75) is 45.3 Å². The van der Waals surface area contributed by atoms with Crippen LogP contribution in [0.15, 0.2) is 28.7 Å². The Morgan fingerprint density at radius 2 is 2.12 bits per heavy atom. The summed E-state index contributed by atoms with van der Waals surface area (Å²) in [6, 6.07) is 8.48. The number of amides is 1. The molecule has 6 nitrogen and oxygen atoms in total. The van der Waals surface area contributed by atoms with Crippen molar-refractivity contribution in [3.05, 3.63) is 24.3 Å². The maximum Gasteiger partial charge on any atom is 0.410 e. The Kier molecular flexibility index (Phi) is 4.39. The molecule has 1 aliphatic rings. The van der Waals surface area contributed by atoms with E-state index in [1.807, 2.05) is 57.0 Å². The van der Waals surface area contributed by atoms with Gasteiger partial charge in [-0.05, 0) is 45.7 Å². The van der Waals surface area contributed by atoms with Crippen LogP contribution in [-0.2, 0) is 4.74 Å². The van der Waals surface area contributed by atoms with Crippen LogP contribution in [0, 0.1) is 0 Å². The number of nitrogens with zero attached hydrogens (tertiary/aromatic N) is 3. The summed E-state index contributed by atoms with van der Waals surface area (Å²) in [4.78, 5) is 20.6. The molecule has 1 amide bonds. The first-order valence-corrected chi connectivity index (χ1v) is 8.40. The molecular weight excluding hydrogens is 306 g/mol. The highest BCUT2D eigenvalue weighted by atomic mass is 16.6. The zero-order chi connectivity index (χ0) is 17.3. The lowest BCUT2D eigenvalue weighted by Crippen LogP contribution is -2.50. The predicted octanol–water partition coefficient (Wildman–Crippen LogP) is 3.66. The number of oxazole rings is 1. The second-order valence-corrected chi connectivity index (χ2v) is 7.30. The Morgan fingerprint density at radius 1 is 1.38 bits per heavy atom. The fourth-order valence-corrected chi connectivity index (χ4v) is 2.93. The average Bonchev–Trinajstić information content (AvgIpc) is 2.96. The summed E-state index contributed by atoms with van der Waals surface area (Å²) in [5, 5.41) is 0. The highest BCUT2D eigenvalue weighted by molar-refractivity contribution is 5.74. The lowest BCUT2D eigenvalue weighted by molar-refractivity contribution is 0.0198. The molecule has 2 heterocycles. The molecular formula is C18H25N3O3. The number of anilines is 1. The summed E-state index contributed by atoms with van der Waals surface area (Å²) in [7, 11) is 1.97. The molecule has 1 aromatic heterocycles. The minimum atomic E-state index is -0.476. The monoisotopic (exact) mass is 331 g/mol. The number of benzene rings is 1. The topological polar surface area (TPSA) is 58.8 Å². The molecule has 1 aliphatic heterocycles. The lowest BCUT2D eigenvalue weighted by Gasteiger charge is -2.37. The number of hydrogen-bond donors (Lipinski definition) is 0. The van der Waals surface area contributed by atoms with Gasteiger partial charge in [-0.15, -0.1) is 0 Å². The van der Waals surface area contributed by atoms with Gasteiger partial charge in [0.1, 0.15) is 11.1 Å². The molecule has 2 aromatic rings. The molecule has 3 rings (SSSR count). The first-order valence-electron chi connectivity index (χ1n) is 8.40. The van der Waals surface area contributed by atoms with Gasteiger partial charge in [-0.25, -0.2) is 4.79 Å². The zero-order valence-electron chi connectivity index (χ0n) is 14.8. The van der Waals surface area contributed by atoms with Gasteiger partial charge in [0, 0.05) is 20.1 Å². The number of rotatable bonds is 2. The van der Waals surface area contributed by atoms with Gasteiger partial charge in [0.25, 0.3) is 6.01 Å². The van der Waals surface area contributed by atoms with E-state index in [1.165, 1.54) is 0 Å². The minimum Gasteiger partial charge on any atom is -0.444 e. The average molecular weight is 331 g/mol. The highest BCUT2D eigenvalue weighted by Gasteiger charge is 2.30. The fourth-order valence-electron chi connectivity index (χ4n) is 2.93. The van der Waals surface area contributed by atoms with Crippen molar-refractivity contribution in [2.75, 3.05) is 25.0 Å². The van der Waals surface area contributed by atoms with E-state index in [1.54, 1.807) is 4.90 Å². The first kappa shape index (κ1) is 16.6. The van der Waals surface area contributed by atoms with Crippen LogP contribution in [0.25, 0.3) is 11.1 Å². The van der Waals surface area contributed by atoms with Crippen molar-refractivity contribution < 1.29 is 13.9 Å². The molecule has 1 saturated heterocycles. The molecule has 1 fully saturated rings. The van der Waals surface area contributed by atoms with Crippen LogP contribution in [0.2, 0.25) is 0 Å². The molecule has 1 aromatic carbocycles. The summed E-state index contributed by atoms with van der Waals surface area (Å²) in [5.74, 6) is 0. The lowest BCUT2D eigenvalue weighted by atomic mass is 10.1. The molecule has 0 saturated carbocycles. The van der Waals surface area contributed by atoms with Crippen LogP contribution in [0.4, 0.5) is 10.8 Å². The number of hydrogen-bond acceptors (Lipinski definition) is 5. The van der Waals surface area contributed by atoms with Crippen LogP contribution < -0.4 is 4.90 Å². The summed E-state index contributed by atoms with van der Waals surface area (Å²) in [6.45, 7) is 7.00. The Bertz CT molecular complexity index is 687. The van der Waals surface area contributed by atoms with E-state index in [0.717, 1.165) is 30.5 Å². The summed E-state index contributed by atoms with van der Waals surface area (Å²) in [6.07, 6.45) is 1.68. The number of fused-ring (bicyclic) bond motifs is 1. The molecule has 0 unspecified atom stereocenters. The van der Waals surface area contributed by atoms with Crippen LogP contribution in [0.5, 0.6) is 0 Å². The number of piperidine rings is 1. The molecule has 0 aliphatic carbocycles. The van der Waals surface area contributed by atoms with Gasteiger partial charge < -0.3 is 19.0 Å². The van der Waals surface area contributed by atoms with Crippen LogP contribution in [0.1, 0.15) is 33.6 Å². The number of likely N-dealkylation sites (tertiary alicyclic amines) is 1. The second kappa shape index (κ2) is 6.34. The van der Waals surface area contributed by atoms with E-state index in [9.17, 15) is 4.79 Å². The number of carbonyl (C=O) groups is 1.